The van der Waals surface area contributed by atoms with Gasteiger partial charge in [-0.1, -0.05) is 0 Å². The van der Waals surface area contributed by atoms with Crippen molar-refractivity contribution in [2.24, 2.45) is 0 Å². The van der Waals surface area contributed by atoms with E-state index in [9.17, 15) is 0 Å². The van der Waals surface area contributed by atoms with Crippen LogP contribution in [0.2, 0.25) is 0 Å². The van der Waals surface area contributed by atoms with E-state index in [1.54, 1.807) is 0 Å². The molecule has 3 nitrogen and oxygen atoms in total. The zero-order valence-electron chi connectivity index (χ0n) is 10.3. The van der Waals surface area contributed by atoms with Crippen molar-refractivity contribution < 1.29 is 0 Å². The van der Waals surface area contributed by atoms with Gasteiger partial charge >= 0.3 is 0 Å². The van der Waals surface area contributed by atoms with Crippen LogP contribution in [0.3, 0.4) is 0 Å². The summed E-state index contributed by atoms with van der Waals surface area (Å²) in [6.07, 6.45) is 0. The van der Waals surface area contributed by atoms with E-state index in [0.717, 1.165) is 6.54 Å². The molecule has 1 saturated heterocycles. The fourth-order valence-electron chi connectivity index (χ4n) is 1.98. The van der Waals surface area contributed by atoms with Gasteiger partial charge in [0.25, 0.3) is 0 Å². The Labute approximate surface area is 88.5 Å². The first-order valence-corrected chi connectivity index (χ1v) is 5.56. The van der Waals surface area contributed by atoms with E-state index in [1.165, 1.54) is 19.6 Å². The zero-order chi connectivity index (χ0) is 10.8. The molecule has 1 fully saturated rings. The quantitative estimate of drug-likeness (QED) is 0.719. The number of hydrogen-bond acceptors (Lipinski definition) is 3. The molecule has 0 saturated carbocycles. The van der Waals surface area contributed by atoms with E-state index in [1.807, 2.05) is 7.05 Å². The van der Waals surface area contributed by atoms with Gasteiger partial charge in [0.1, 0.15) is 0 Å². The van der Waals surface area contributed by atoms with Crippen molar-refractivity contribution in [3.8, 4) is 0 Å². The lowest BCUT2D eigenvalue weighted by atomic mass is 9.99. The summed E-state index contributed by atoms with van der Waals surface area (Å²) in [7, 11) is 4.25. The summed E-state index contributed by atoms with van der Waals surface area (Å²) in [6, 6.07) is 0.592. The van der Waals surface area contributed by atoms with Gasteiger partial charge in [-0.05, 0) is 34.9 Å². The smallest absolute Gasteiger partial charge is 0.0277 e. The molecule has 0 bridgehead atoms. The van der Waals surface area contributed by atoms with Gasteiger partial charge < -0.3 is 5.32 Å². The van der Waals surface area contributed by atoms with Gasteiger partial charge in [0.2, 0.25) is 0 Å². The van der Waals surface area contributed by atoms with Crippen LogP contribution in [0.15, 0.2) is 0 Å². The molecule has 0 aromatic rings. The maximum atomic E-state index is 3.30. The minimum atomic E-state index is 0.325. The van der Waals surface area contributed by atoms with E-state index >= 15 is 0 Å². The SMILES string of the molecule is CNC(C)CN1CCN(C)C(C)(C)C1. The molecule has 1 N–H and O–H groups in total. The predicted molar refractivity (Wildman–Crippen MR) is 61.7 cm³/mol. The third kappa shape index (κ3) is 2.94. The second kappa shape index (κ2) is 4.60. The molecule has 14 heavy (non-hydrogen) atoms. The normalized spacial score (nSPS) is 26.4. The fourth-order valence-corrected chi connectivity index (χ4v) is 1.98. The Morgan fingerprint density at radius 2 is 2.00 bits per heavy atom. The first-order chi connectivity index (χ1) is 6.45. The van der Waals surface area contributed by atoms with Gasteiger partial charge in [-0.25, -0.2) is 0 Å². The van der Waals surface area contributed by atoms with Gasteiger partial charge in [-0.15, -0.1) is 0 Å². The van der Waals surface area contributed by atoms with Gasteiger partial charge in [-0.2, -0.15) is 0 Å². The molecule has 1 atom stereocenters. The minimum absolute atomic E-state index is 0.325. The standard InChI is InChI=1S/C11H25N3/c1-10(12-4)8-14-7-6-13(5)11(2,3)9-14/h10,12H,6-9H2,1-5H3. The Balaban J connectivity index is 2.43. The Morgan fingerprint density at radius 3 is 2.50 bits per heavy atom. The molecule has 0 aromatic carbocycles. The van der Waals surface area contributed by atoms with E-state index in [-0.39, 0.29) is 0 Å². The Morgan fingerprint density at radius 1 is 1.36 bits per heavy atom. The third-order valence-electron chi connectivity index (χ3n) is 3.42. The maximum absolute atomic E-state index is 3.30. The molecule has 0 radical (unpaired) electrons. The second-order valence-corrected chi connectivity index (χ2v) is 5.16. The van der Waals surface area contributed by atoms with Crippen LogP contribution in [0.4, 0.5) is 0 Å². The second-order valence-electron chi connectivity index (χ2n) is 5.16. The van der Waals surface area contributed by atoms with Crippen LogP contribution < -0.4 is 5.32 Å². The van der Waals surface area contributed by atoms with Gasteiger partial charge in [0.05, 0.1) is 0 Å². The summed E-state index contributed by atoms with van der Waals surface area (Å²) in [5.74, 6) is 0. The first-order valence-electron chi connectivity index (χ1n) is 5.56. The lowest BCUT2D eigenvalue weighted by Gasteiger charge is -2.46. The van der Waals surface area contributed by atoms with Crippen LogP contribution in [0.1, 0.15) is 20.8 Å². The Kier molecular flexibility index (Phi) is 3.93. The number of rotatable bonds is 3. The molecule has 1 rings (SSSR count). The number of nitrogens with zero attached hydrogens (tertiary/aromatic N) is 2. The molecule has 1 aliphatic heterocycles. The highest BCUT2D eigenvalue weighted by atomic mass is 15.3. The van der Waals surface area contributed by atoms with Crippen molar-refractivity contribution in [3.63, 3.8) is 0 Å². The van der Waals surface area contributed by atoms with Crippen molar-refractivity contribution >= 4 is 0 Å². The number of hydrogen-bond donors (Lipinski definition) is 1. The lowest BCUT2D eigenvalue weighted by molar-refractivity contribution is 0.0366. The highest BCUT2D eigenvalue weighted by Gasteiger charge is 2.30. The number of piperazine rings is 1. The fraction of sp³-hybridized carbons (Fsp3) is 1.00. The molecule has 3 heteroatoms. The molecular weight excluding hydrogens is 174 g/mol. The van der Waals surface area contributed by atoms with Crippen molar-refractivity contribution in [3.05, 3.63) is 0 Å². The Bertz CT molecular complexity index is 179. The van der Waals surface area contributed by atoms with E-state index in [2.05, 4.69) is 42.9 Å². The largest absolute Gasteiger partial charge is 0.316 e. The van der Waals surface area contributed by atoms with E-state index in [4.69, 9.17) is 0 Å². The van der Waals surface area contributed by atoms with Crippen LogP contribution in [0, 0.1) is 0 Å². The summed E-state index contributed by atoms with van der Waals surface area (Å²) in [6.45, 7) is 11.6. The molecule has 1 heterocycles. The molecular formula is C11H25N3. The molecule has 1 unspecified atom stereocenters. The average molecular weight is 199 g/mol. The van der Waals surface area contributed by atoms with Crippen molar-refractivity contribution in [2.75, 3.05) is 40.3 Å². The lowest BCUT2D eigenvalue weighted by Crippen LogP contribution is -2.59. The molecule has 0 amide bonds. The number of likely N-dealkylation sites (N-methyl/N-ethyl adjacent to an activating group) is 2. The van der Waals surface area contributed by atoms with Crippen LogP contribution in [0.25, 0.3) is 0 Å². The summed E-state index contributed by atoms with van der Waals surface area (Å²) in [5.41, 5.74) is 0.325. The van der Waals surface area contributed by atoms with Crippen molar-refractivity contribution in [2.45, 2.75) is 32.4 Å². The molecule has 1 aliphatic rings. The van der Waals surface area contributed by atoms with E-state index in [0.29, 0.717) is 11.6 Å². The molecule has 84 valence electrons. The first kappa shape index (κ1) is 12.0. The molecule has 0 aliphatic carbocycles. The average Bonchev–Trinajstić information content (AvgIpc) is 2.11. The molecule has 0 aromatic heterocycles. The van der Waals surface area contributed by atoms with Crippen LogP contribution in [-0.4, -0.2) is 61.7 Å². The summed E-state index contributed by atoms with van der Waals surface area (Å²) >= 11 is 0. The van der Waals surface area contributed by atoms with Gasteiger partial charge in [-0.3, -0.25) is 9.80 Å². The van der Waals surface area contributed by atoms with Crippen molar-refractivity contribution in [1.82, 2.24) is 15.1 Å². The minimum Gasteiger partial charge on any atom is -0.316 e. The summed E-state index contributed by atoms with van der Waals surface area (Å²) in [5, 5.41) is 3.30. The molecule has 0 spiro atoms. The van der Waals surface area contributed by atoms with Crippen LogP contribution in [0.5, 0.6) is 0 Å². The zero-order valence-corrected chi connectivity index (χ0v) is 10.3. The third-order valence-corrected chi connectivity index (χ3v) is 3.42. The highest BCUT2D eigenvalue weighted by molar-refractivity contribution is 4.88. The Hall–Kier alpha value is -0.120. The monoisotopic (exact) mass is 199 g/mol. The van der Waals surface area contributed by atoms with E-state index < -0.39 is 0 Å². The predicted octanol–water partition coefficient (Wildman–Crippen LogP) is 0.620. The number of nitrogens with one attached hydrogen (secondary N) is 1. The van der Waals surface area contributed by atoms with Gasteiger partial charge in [0, 0.05) is 37.8 Å². The summed E-state index contributed by atoms with van der Waals surface area (Å²) < 4.78 is 0. The highest BCUT2D eigenvalue weighted by Crippen LogP contribution is 2.18. The van der Waals surface area contributed by atoms with Gasteiger partial charge in [0.15, 0.2) is 0 Å². The van der Waals surface area contributed by atoms with Crippen molar-refractivity contribution in [1.29, 1.82) is 0 Å². The summed E-state index contributed by atoms with van der Waals surface area (Å²) in [4.78, 5) is 5.01. The maximum Gasteiger partial charge on any atom is 0.0277 e. The van der Waals surface area contributed by atoms with Crippen LogP contribution >= 0.6 is 0 Å². The van der Waals surface area contributed by atoms with Crippen LogP contribution in [-0.2, 0) is 0 Å². The topological polar surface area (TPSA) is 18.5 Å².